The molecule has 306 valence electrons. The number of fused-ring (bicyclic) bond motifs is 5. The molecule has 5 atom stereocenters. The first-order valence-corrected chi connectivity index (χ1v) is 21.0. The molecule has 1 saturated heterocycles. The molecule has 8 rings (SSSR count). The van der Waals surface area contributed by atoms with E-state index in [4.69, 9.17) is 4.74 Å². The molecule has 0 radical (unpaired) electrons. The van der Waals surface area contributed by atoms with Crippen molar-refractivity contribution < 1.29 is 45.5 Å². The van der Waals surface area contributed by atoms with Crippen molar-refractivity contribution in [3.05, 3.63) is 78.4 Å². The predicted octanol–water partition coefficient (Wildman–Crippen LogP) is 5.75. The fraction of sp³-hybridized carbons (Fsp3) is 0.463. The maximum atomic E-state index is 14.7. The highest BCUT2D eigenvalue weighted by Gasteiger charge is 2.62. The highest BCUT2D eigenvalue weighted by Crippen LogP contribution is 2.57. The Morgan fingerprint density at radius 3 is 2.53 bits per heavy atom. The number of benzene rings is 2. The molecule has 2 aliphatic heterocycles. The fourth-order valence-corrected chi connectivity index (χ4v) is 9.57. The zero-order valence-corrected chi connectivity index (χ0v) is 32.5. The number of amides is 3. The van der Waals surface area contributed by atoms with Crippen molar-refractivity contribution in [1.82, 2.24) is 29.7 Å². The van der Waals surface area contributed by atoms with E-state index in [1.54, 1.807) is 25.1 Å². The second-order valence-electron chi connectivity index (χ2n) is 16.2. The van der Waals surface area contributed by atoms with Gasteiger partial charge in [0.15, 0.2) is 5.78 Å². The molecule has 2 saturated carbocycles. The first kappa shape index (κ1) is 39.5. The lowest BCUT2D eigenvalue weighted by Crippen LogP contribution is -2.52. The summed E-state index contributed by atoms with van der Waals surface area (Å²) in [6.45, 7) is -1.54. The van der Waals surface area contributed by atoms with Crippen LogP contribution in [0.25, 0.3) is 21.7 Å². The summed E-state index contributed by atoms with van der Waals surface area (Å²) in [7, 11) is -4.02. The average molecular weight is 821 g/mol. The van der Waals surface area contributed by atoms with Crippen molar-refractivity contribution in [3.63, 3.8) is 0 Å². The van der Waals surface area contributed by atoms with Crippen molar-refractivity contribution in [2.45, 2.75) is 101 Å². The van der Waals surface area contributed by atoms with Crippen LogP contribution in [0.4, 0.5) is 13.2 Å². The number of aromatic nitrogens is 3. The highest BCUT2D eigenvalue weighted by molar-refractivity contribution is 7.91. The van der Waals surface area contributed by atoms with Crippen LogP contribution in [0.3, 0.4) is 0 Å². The molecule has 0 bridgehead atoms. The van der Waals surface area contributed by atoms with Crippen LogP contribution in [0.1, 0.15) is 88.2 Å². The highest BCUT2D eigenvalue weighted by atomic mass is 32.2. The summed E-state index contributed by atoms with van der Waals surface area (Å²) in [5.41, 5.74) is -1.35. The molecule has 0 unspecified atom stereocenters. The number of Topliss-reactive ketones (excluding diaryl/α,β-unsaturated/α-hetero) is 1. The number of rotatable bonds is 8. The minimum Gasteiger partial charge on any atom is -0.472 e. The number of alkyl halides is 2. The molecule has 4 heterocycles. The van der Waals surface area contributed by atoms with Crippen LogP contribution in [-0.4, -0.2) is 81.1 Å². The molecule has 2 aromatic carbocycles. The lowest BCUT2D eigenvalue weighted by Gasteiger charge is -2.29. The van der Waals surface area contributed by atoms with E-state index in [-0.39, 0.29) is 43.8 Å². The summed E-state index contributed by atoms with van der Waals surface area (Å²) in [4.78, 5) is 62.5. The second kappa shape index (κ2) is 15.1. The van der Waals surface area contributed by atoms with Gasteiger partial charge in [0.25, 0.3) is 5.91 Å². The topological polar surface area (TPSA) is 170 Å². The molecule has 4 aliphatic rings. The Hall–Kier alpha value is -5.32. The van der Waals surface area contributed by atoms with Gasteiger partial charge in [0, 0.05) is 35.9 Å². The van der Waals surface area contributed by atoms with E-state index in [1.807, 2.05) is 24.3 Å². The van der Waals surface area contributed by atoms with Gasteiger partial charge in [-0.25, -0.2) is 22.5 Å². The van der Waals surface area contributed by atoms with E-state index in [1.165, 1.54) is 17.0 Å². The SMILES string of the molecule is CC1(S(=O)(=O)NC(=O)[C@]23CC(=O)[C@@H]4C[C@@H](Oc5nc6cc(F)ccc6c6ccccc56)CN4C(=O)[C@@H](NC(=O)c4ccn(C(F)F)n4)CCCCC/C=C\[C@@H]2C3)CC1. The number of nitrogens with zero attached hydrogens (tertiary/aromatic N) is 4. The third kappa shape index (κ3) is 7.55. The number of carbonyl (C=O) groups is 4. The summed E-state index contributed by atoms with van der Waals surface area (Å²) in [6.07, 6.45) is 7.24. The number of pyridine rings is 1. The molecule has 13 nitrogen and oxygen atoms in total. The van der Waals surface area contributed by atoms with E-state index in [0.29, 0.717) is 59.5 Å². The Labute approximate surface area is 332 Å². The van der Waals surface area contributed by atoms with Crippen molar-refractivity contribution in [1.29, 1.82) is 0 Å². The summed E-state index contributed by atoms with van der Waals surface area (Å²) in [6, 6.07) is 10.3. The minimum atomic E-state index is -4.02. The number of allylic oxidation sites excluding steroid dienone is 2. The van der Waals surface area contributed by atoms with Crippen LogP contribution in [0.5, 0.6) is 5.88 Å². The zero-order valence-electron chi connectivity index (χ0n) is 31.7. The van der Waals surface area contributed by atoms with Gasteiger partial charge >= 0.3 is 6.55 Å². The number of nitrogens with one attached hydrogen (secondary N) is 2. The number of hydrogen-bond acceptors (Lipinski definition) is 9. The molecule has 0 spiro atoms. The lowest BCUT2D eigenvalue weighted by molar-refractivity contribution is -0.140. The zero-order chi connectivity index (χ0) is 41.0. The van der Waals surface area contributed by atoms with Gasteiger partial charge in [0.05, 0.1) is 28.3 Å². The van der Waals surface area contributed by atoms with Crippen LogP contribution in [0.2, 0.25) is 0 Å². The normalized spacial score (nSPS) is 26.7. The van der Waals surface area contributed by atoms with E-state index >= 15 is 0 Å². The second-order valence-corrected chi connectivity index (χ2v) is 18.3. The number of hydrogen-bond donors (Lipinski definition) is 2. The maximum Gasteiger partial charge on any atom is 0.333 e. The van der Waals surface area contributed by atoms with Gasteiger partial charge in [0.1, 0.15) is 23.7 Å². The smallest absolute Gasteiger partial charge is 0.333 e. The van der Waals surface area contributed by atoms with Crippen molar-refractivity contribution in [3.8, 4) is 5.88 Å². The number of sulfonamides is 1. The molecular weight excluding hydrogens is 778 g/mol. The summed E-state index contributed by atoms with van der Waals surface area (Å²) >= 11 is 0. The Morgan fingerprint density at radius 2 is 1.79 bits per heavy atom. The number of halogens is 3. The number of carbonyl (C=O) groups excluding carboxylic acids is 4. The Kier molecular flexibility index (Phi) is 10.3. The predicted molar refractivity (Wildman–Crippen MR) is 206 cm³/mol. The van der Waals surface area contributed by atoms with Crippen LogP contribution >= 0.6 is 0 Å². The monoisotopic (exact) mass is 820 g/mol. The largest absolute Gasteiger partial charge is 0.472 e. The summed E-state index contributed by atoms with van der Waals surface area (Å²) in [5, 5.41) is 8.36. The van der Waals surface area contributed by atoms with Crippen LogP contribution in [0.15, 0.2) is 66.9 Å². The lowest BCUT2D eigenvalue weighted by atomic mass is 9.91. The van der Waals surface area contributed by atoms with Gasteiger partial charge < -0.3 is 15.0 Å². The average Bonchev–Trinajstić information content (AvgIpc) is 3.96. The van der Waals surface area contributed by atoms with E-state index < -0.39 is 80.2 Å². The quantitative estimate of drug-likeness (QED) is 0.166. The van der Waals surface area contributed by atoms with Gasteiger partial charge in [-0.05, 0) is 81.0 Å². The van der Waals surface area contributed by atoms with E-state index in [9.17, 15) is 40.8 Å². The minimum absolute atomic E-state index is 0.0319. The Balaban J connectivity index is 1.13. The molecule has 3 fully saturated rings. The molecule has 58 heavy (non-hydrogen) atoms. The maximum absolute atomic E-state index is 14.7. The first-order valence-electron chi connectivity index (χ1n) is 19.5. The summed E-state index contributed by atoms with van der Waals surface area (Å²) in [5.74, 6) is -3.47. The van der Waals surface area contributed by atoms with Crippen LogP contribution < -0.4 is 14.8 Å². The first-order chi connectivity index (χ1) is 27.7. The molecular formula is C41H43F3N6O7S. The summed E-state index contributed by atoms with van der Waals surface area (Å²) < 4.78 is 75.4. The van der Waals surface area contributed by atoms with Crippen LogP contribution in [0, 0.1) is 17.2 Å². The van der Waals surface area contributed by atoms with Gasteiger partial charge in [0.2, 0.25) is 27.7 Å². The third-order valence-electron chi connectivity index (χ3n) is 12.1. The van der Waals surface area contributed by atoms with Gasteiger partial charge in [-0.2, -0.15) is 13.9 Å². The van der Waals surface area contributed by atoms with Crippen molar-refractivity contribution >= 4 is 55.2 Å². The van der Waals surface area contributed by atoms with Gasteiger partial charge in [-0.1, -0.05) is 43.2 Å². The Bertz CT molecular complexity index is 2450. The molecule has 4 aromatic rings. The van der Waals surface area contributed by atoms with E-state index in [0.717, 1.165) is 17.6 Å². The third-order valence-corrected chi connectivity index (χ3v) is 14.3. The van der Waals surface area contributed by atoms with Gasteiger partial charge in [-0.3, -0.25) is 23.9 Å². The van der Waals surface area contributed by atoms with Crippen molar-refractivity contribution in [2.24, 2.45) is 11.3 Å². The Morgan fingerprint density at radius 1 is 1.02 bits per heavy atom. The molecule has 2 aromatic heterocycles. The molecule has 3 amide bonds. The van der Waals surface area contributed by atoms with Crippen LogP contribution in [-0.2, 0) is 24.4 Å². The van der Waals surface area contributed by atoms with Crippen molar-refractivity contribution in [2.75, 3.05) is 6.54 Å². The fourth-order valence-electron chi connectivity index (χ4n) is 8.23. The van der Waals surface area contributed by atoms with E-state index in [2.05, 4.69) is 20.1 Å². The number of ketones is 1. The standard InChI is InChI=1S/C41H43F3N6O7S/c1-40(16-17-40)58(55,56)48-38(54)41-21-24(41)9-5-3-2-4-6-12-31(45-35(52)30-15-18-50(47-30)39(43)44)37(53)49-23-26(20-33(49)34(51)22-41)57-36-29-11-8-7-10-27(29)28-14-13-25(42)19-32(28)46-36/h5,7-11,13-15,18-19,24,26,31,33,39H,2-4,6,12,16-17,20-23H2,1H3,(H,45,52)(H,48,54)/b9-5-/t24-,26-,31+,33+,41-/m1/s1. The molecule has 17 heteroatoms. The van der Waals surface area contributed by atoms with Gasteiger partial charge in [-0.15, -0.1) is 0 Å². The molecule has 2 aliphatic carbocycles. The molecule has 2 N–H and O–H groups in total. The number of ether oxygens (including phenoxy) is 1.